The number of aromatic nitrogens is 1. The molecule has 0 amide bonds. The molecule has 1 rings (SSSR count). The van der Waals surface area contributed by atoms with Crippen molar-refractivity contribution in [2.75, 3.05) is 11.5 Å². The van der Waals surface area contributed by atoms with Gasteiger partial charge in [0.05, 0.1) is 17.1 Å². The molecule has 0 bridgehead atoms. The molecule has 1 aromatic heterocycles. The van der Waals surface area contributed by atoms with Gasteiger partial charge < -0.3 is 11.5 Å². The Morgan fingerprint density at radius 1 is 1.30 bits per heavy atom. The molecule has 0 spiro atoms. The average molecular weight is 137 g/mol. The Morgan fingerprint density at radius 2 is 1.90 bits per heavy atom. The van der Waals surface area contributed by atoms with Crippen molar-refractivity contribution in [1.82, 2.24) is 4.98 Å². The van der Waals surface area contributed by atoms with Crippen LogP contribution in [-0.4, -0.2) is 4.98 Å². The van der Waals surface area contributed by atoms with E-state index in [0.29, 0.717) is 11.4 Å². The zero-order chi connectivity index (χ0) is 7.72. The summed E-state index contributed by atoms with van der Waals surface area (Å²) in [5.41, 5.74) is 14.0. The third-order valence-corrected chi connectivity index (χ3v) is 1.41. The zero-order valence-electron chi connectivity index (χ0n) is 6.18. The van der Waals surface area contributed by atoms with Crippen molar-refractivity contribution in [2.45, 2.75) is 13.8 Å². The first-order chi connectivity index (χ1) is 4.61. The number of nitrogens with zero attached hydrogens (tertiary/aromatic N) is 1. The Labute approximate surface area is 60.1 Å². The molecule has 0 fully saturated rings. The molecule has 0 saturated carbocycles. The molecule has 0 unspecified atom stereocenters. The van der Waals surface area contributed by atoms with Crippen molar-refractivity contribution in [2.24, 2.45) is 0 Å². The topological polar surface area (TPSA) is 64.9 Å². The largest absolute Gasteiger partial charge is 0.397 e. The Bertz CT molecular complexity index is 232. The molecule has 54 valence electrons. The zero-order valence-corrected chi connectivity index (χ0v) is 6.18. The highest BCUT2D eigenvalue weighted by Crippen LogP contribution is 2.17. The second-order valence-corrected chi connectivity index (χ2v) is 2.35. The molecule has 0 saturated heterocycles. The molecule has 0 atom stereocenters. The maximum atomic E-state index is 5.56. The summed E-state index contributed by atoms with van der Waals surface area (Å²) in [6.07, 6.45) is 0. The van der Waals surface area contributed by atoms with Gasteiger partial charge in [-0.3, -0.25) is 4.98 Å². The molecule has 0 aromatic carbocycles. The summed E-state index contributed by atoms with van der Waals surface area (Å²) in [5.74, 6) is 0. The lowest BCUT2D eigenvalue weighted by molar-refractivity contribution is 1.13. The summed E-state index contributed by atoms with van der Waals surface area (Å²) in [4.78, 5) is 4.13. The van der Waals surface area contributed by atoms with Gasteiger partial charge in [0, 0.05) is 5.69 Å². The summed E-state index contributed by atoms with van der Waals surface area (Å²) >= 11 is 0. The van der Waals surface area contributed by atoms with Crippen LogP contribution in [-0.2, 0) is 0 Å². The number of anilines is 2. The first-order valence-electron chi connectivity index (χ1n) is 3.10. The van der Waals surface area contributed by atoms with Gasteiger partial charge in [0.25, 0.3) is 0 Å². The Kier molecular flexibility index (Phi) is 1.49. The number of nitrogen functional groups attached to an aromatic ring is 2. The smallest absolute Gasteiger partial charge is 0.0764 e. The quantitative estimate of drug-likeness (QED) is 0.557. The molecular formula is C7H11N3. The molecule has 10 heavy (non-hydrogen) atoms. The number of aryl methyl sites for hydroxylation is 2. The van der Waals surface area contributed by atoms with Crippen LogP contribution in [0.4, 0.5) is 11.4 Å². The minimum absolute atomic E-state index is 0.589. The standard InChI is InChI=1S/C7H11N3/c1-4-3-6(8)7(9)5(2)10-4/h3H,9H2,1-2H3,(H2,8,10). The highest BCUT2D eigenvalue weighted by Gasteiger charge is 1.99. The van der Waals surface area contributed by atoms with Crippen LogP contribution in [0.3, 0.4) is 0 Å². The second kappa shape index (κ2) is 2.17. The average Bonchev–Trinajstić information content (AvgIpc) is 1.82. The van der Waals surface area contributed by atoms with Gasteiger partial charge in [-0.2, -0.15) is 0 Å². The number of nitrogens with two attached hydrogens (primary N) is 2. The Morgan fingerprint density at radius 3 is 2.40 bits per heavy atom. The van der Waals surface area contributed by atoms with Gasteiger partial charge in [-0.15, -0.1) is 0 Å². The minimum Gasteiger partial charge on any atom is -0.397 e. The summed E-state index contributed by atoms with van der Waals surface area (Å²) in [6, 6.07) is 1.77. The highest BCUT2D eigenvalue weighted by molar-refractivity contribution is 5.65. The molecule has 3 nitrogen and oxygen atoms in total. The van der Waals surface area contributed by atoms with E-state index in [4.69, 9.17) is 11.5 Å². The van der Waals surface area contributed by atoms with Gasteiger partial charge in [0.1, 0.15) is 0 Å². The van der Waals surface area contributed by atoms with E-state index in [0.717, 1.165) is 11.4 Å². The van der Waals surface area contributed by atoms with E-state index in [2.05, 4.69) is 4.98 Å². The van der Waals surface area contributed by atoms with Crippen LogP contribution >= 0.6 is 0 Å². The summed E-state index contributed by atoms with van der Waals surface area (Å²) in [7, 11) is 0. The molecule has 1 aromatic rings. The van der Waals surface area contributed by atoms with E-state index in [-0.39, 0.29) is 0 Å². The van der Waals surface area contributed by atoms with E-state index >= 15 is 0 Å². The van der Waals surface area contributed by atoms with Crippen molar-refractivity contribution in [3.8, 4) is 0 Å². The fourth-order valence-corrected chi connectivity index (χ4v) is 0.869. The van der Waals surface area contributed by atoms with E-state index in [1.54, 1.807) is 6.07 Å². The molecule has 0 aliphatic carbocycles. The molecule has 3 heteroatoms. The molecule has 4 N–H and O–H groups in total. The maximum absolute atomic E-state index is 5.56. The van der Waals surface area contributed by atoms with Gasteiger partial charge in [-0.05, 0) is 19.9 Å². The van der Waals surface area contributed by atoms with Gasteiger partial charge in [-0.25, -0.2) is 0 Å². The van der Waals surface area contributed by atoms with Crippen LogP contribution in [0.25, 0.3) is 0 Å². The number of rotatable bonds is 0. The minimum atomic E-state index is 0.589. The first-order valence-corrected chi connectivity index (χ1v) is 3.10. The van der Waals surface area contributed by atoms with Gasteiger partial charge in [-0.1, -0.05) is 0 Å². The number of pyridine rings is 1. The van der Waals surface area contributed by atoms with Crippen LogP contribution in [0.2, 0.25) is 0 Å². The van der Waals surface area contributed by atoms with E-state index in [1.807, 2.05) is 13.8 Å². The lowest BCUT2D eigenvalue weighted by Gasteiger charge is -2.03. The third kappa shape index (κ3) is 1.03. The SMILES string of the molecule is Cc1cc(N)c(N)c(C)n1. The summed E-state index contributed by atoms with van der Waals surface area (Å²) in [5, 5.41) is 0. The monoisotopic (exact) mass is 137 g/mol. The van der Waals surface area contributed by atoms with Crippen LogP contribution < -0.4 is 11.5 Å². The Balaban J connectivity index is 3.31. The molecular weight excluding hydrogens is 126 g/mol. The fourth-order valence-electron chi connectivity index (χ4n) is 0.869. The predicted octanol–water partition coefficient (Wildman–Crippen LogP) is 0.863. The van der Waals surface area contributed by atoms with Gasteiger partial charge in [0.15, 0.2) is 0 Å². The first kappa shape index (κ1) is 6.86. The van der Waals surface area contributed by atoms with Crippen molar-refractivity contribution >= 4 is 11.4 Å². The van der Waals surface area contributed by atoms with E-state index in [9.17, 15) is 0 Å². The molecule has 0 radical (unpaired) electrons. The lowest BCUT2D eigenvalue weighted by Crippen LogP contribution is -2.00. The van der Waals surface area contributed by atoms with Crippen molar-refractivity contribution in [3.05, 3.63) is 17.5 Å². The summed E-state index contributed by atoms with van der Waals surface area (Å²) < 4.78 is 0. The molecule has 0 aliphatic heterocycles. The second-order valence-electron chi connectivity index (χ2n) is 2.35. The highest BCUT2D eigenvalue weighted by atomic mass is 14.8. The number of hydrogen-bond acceptors (Lipinski definition) is 3. The van der Waals surface area contributed by atoms with Crippen molar-refractivity contribution in [1.29, 1.82) is 0 Å². The van der Waals surface area contributed by atoms with Crippen LogP contribution in [0.1, 0.15) is 11.4 Å². The van der Waals surface area contributed by atoms with E-state index in [1.165, 1.54) is 0 Å². The van der Waals surface area contributed by atoms with Crippen molar-refractivity contribution in [3.63, 3.8) is 0 Å². The number of hydrogen-bond donors (Lipinski definition) is 2. The Hall–Kier alpha value is -1.25. The lowest BCUT2D eigenvalue weighted by atomic mass is 10.2. The van der Waals surface area contributed by atoms with Gasteiger partial charge in [0.2, 0.25) is 0 Å². The van der Waals surface area contributed by atoms with E-state index < -0.39 is 0 Å². The fraction of sp³-hybridized carbons (Fsp3) is 0.286. The van der Waals surface area contributed by atoms with Crippen LogP contribution in [0, 0.1) is 13.8 Å². The van der Waals surface area contributed by atoms with Crippen LogP contribution in [0.5, 0.6) is 0 Å². The predicted molar refractivity (Wildman–Crippen MR) is 42.5 cm³/mol. The van der Waals surface area contributed by atoms with Crippen LogP contribution in [0.15, 0.2) is 6.07 Å². The summed E-state index contributed by atoms with van der Waals surface area (Å²) in [6.45, 7) is 3.74. The van der Waals surface area contributed by atoms with Crippen molar-refractivity contribution < 1.29 is 0 Å². The maximum Gasteiger partial charge on any atom is 0.0764 e. The van der Waals surface area contributed by atoms with Gasteiger partial charge >= 0.3 is 0 Å². The molecule has 1 heterocycles. The third-order valence-electron chi connectivity index (χ3n) is 1.41. The molecule has 0 aliphatic rings. The normalized spacial score (nSPS) is 9.80.